The fraction of sp³-hybridized carbons (Fsp3) is 0.188. The minimum atomic E-state index is 0.401. The normalized spacial score (nSPS) is 11.0. The molecule has 0 amide bonds. The molecule has 1 aromatic carbocycles. The number of hydrogen-bond donors (Lipinski definition) is 1. The first-order valence-corrected chi connectivity index (χ1v) is 7.78. The van der Waals surface area contributed by atoms with Crippen LogP contribution in [0.2, 0.25) is 0 Å². The van der Waals surface area contributed by atoms with Gasteiger partial charge in [0, 0.05) is 17.3 Å². The molecule has 0 aliphatic heterocycles. The number of rotatable bonds is 5. The SMILES string of the molecule is Cc1n[nH]c(=S)n1/N=C\c1cn(CCC#N)nc1-c1ccccc1. The molecule has 0 aliphatic rings. The van der Waals surface area contributed by atoms with Gasteiger partial charge in [0.15, 0.2) is 0 Å². The highest BCUT2D eigenvalue weighted by Crippen LogP contribution is 2.20. The summed E-state index contributed by atoms with van der Waals surface area (Å²) in [7, 11) is 0. The van der Waals surface area contributed by atoms with Crippen molar-refractivity contribution in [3.05, 3.63) is 52.7 Å². The summed E-state index contributed by atoms with van der Waals surface area (Å²) >= 11 is 5.15. The zero-order valence-corrected chi connectivity index (χ0v) is 13.9. The van der Waals surface area contributed by atoms with Crippen LogP contribution in [0.15, 0.2) is 41.6 Å². The van der Waals surface area contributed by atoms with Gasteiger partial charge in [-0.1, -0.05) is 30.3 Å². The van der Waals surface area contributed by atoms with E-state index < -0.39 is 0 Å². The van der Waals surface area contributed by atoms with Crippen LogP contribution in [0.3, 0.4) is 0 Å². The molecule has 0 fully saturated rings. The number of aromatic nitrogens is 5. The summed E-state index contributed by atoms with van der Waals surface area (Å²) in [6.07, 6.45) is 3.98. The molecule has 0 saturated carbocycles. The Morgan fingerprint density at radius 2 is 2.17 bits per heavy atom. The molecular formula is C16H15N7S. The summed E-state index contributed by atoms with van der Waals surface area (Å²) in [4.78, 5) is 0. The number of nitrogens with one attached hydrogen (secondary N) is 1. The van der Waals surface area contributed by atoms with Crippen LogP contribution in [0.1, 0.15) is 17.8 Å². The first-order chi connectivity index (χ1) is 11.7. The molecule has 0 bridgehead atoms. The molecule has 3 aromatic rings. The molecule has 2 heterocycles. The van der Waals surface area contributed by atoms with Crippen molar-refractivity contribution in [3.63, 3.8) is 0 Å². The minimum absolute atomic E-state index is 0.401. The number of nitrogens with zero attached hydrogens (tertiary/aromatic N) is 6. The first kappa shape index (κ1) is 15.8. The maximum absolute atomic E-state index is 8.77. The van der Waals surface area contributed by atoms with Gasteiger partial charge in [-0.2, -0.15) is 25.2 Å². The lowest BCUT2D eigenvalue weighted by atomic mass is 10.1. The van der Waals surface area contributed by atoms with Gasteiger partial charge in [-0.05, 0) is 19.1 Å². The predicted octanol–water partition coefficient (Wildman–Crippen LogP) is 2.91. The third kappa shape index (κ3) is 3.31. The minimum Gasteiger partial charge on any atom is -0.270 e. The van der Waals surface area contributed by atoms with E-state index in [1.807, 2.05) is 43.5 Å². The van der Waals surface area contributed by atoms with E-state index in [9.17, 15) is 0 Å². The van der Waals surface area contributed by atoms with Crippen molar-refractivity contribution in [2.75, 3.05) is 0 Å². The Labute approximate surface area is 143 Å². The van der Waals surface area contributed by atoms with Crippen LogP contribution >= 0.6 is 12.2 Å². The Morgan fingerprint density at radius 3 is 2.83 bits per heavy atom. The zero-order chi connectivity index (χ0) is 16.9. The van der Waals surface area contributed by atoms with Crippen molar-refractivity contribution in [1.29, 1.82) is 5.26 Å². The number of aromatic amines is 1. The Kier molecular flexibility index (Phi) is 4.63. The second-order valence-corrected chi connectivity index (χ2v) is 5.49. The predicted molar refractivity (Wildman–Crippen MR) is 93.0 cm³/mol. The van der Waals surface area contributed by atoms with E-state index in [1.54, 1.807) is 15.6 Å². The quantitative estimate of drug-likeness (QED) is 0.573. The van der Waals surface area contributed by atoms with E-state index in [2.05, 4.69) is 26.5 Å². The van der Waals surface area contributed by atoms with Gasteiger partial charge in [0.1, 0.15) is 11.5 Å². The van der Waals surface area contributed by atoms with Crippen LogP contribution in [0.25, 0.3) is 11.3 Å². The smallest absolute Gasteiger partial charge is 0.216 e. The van der Waals surface area contributed by atoms with Crippen LogP contribution in [-0.2, 0) is 6.54 Å². The van der Waals surface area contributed by atoms with Crippen molar-refractivity contribution < 1.29 is 0 Å². The third-order valence-electron chi connectivity index (χ3n) is 3.41. The molecule has 0 atom stereocenters. The lowest BCUT2D eigenvalue weighted by Gasteiger charge is -1.98. The van der Waals surface area contributed by atoms with Gasteiger partial charge in [0.2, 0.25) is 4.77 Å². The molecule has 2 aromatic heterocycles. The summed E-state index contributed by atoms with van der Waals surface area (Å²) in [5, 5.41) is 24.5. The highest BCUT2D eigenvalue weighted by molar-refractivity contribution is 7.71. The van der Waals surface area contributed by atoms with E-state index in [0.29, 0.717) is 23.6 Å². The van der Waals surface area contributed by atoms with Crippen molar-refractivity contribution in [3.8, 4) is 17.3 Å². The zero-order valence-electron chi connectivity index (χ0n) is 13.0. The largest absolute Gasteiger partial charge is 0.270 e. The van der Waals surface area contributed by atoms with Crippen molar-refractivity contribution in [2.24, 2.45) is 5.10 Å². The number of benzene rings is 1. The number of hydrogen-bond acceptors (Lipinski definition) is 5. The van der Waals surface area contributed by atoms with Crippen LogP contribution < -0.4 is 0 Å². The van der Waals surface area contributed by atoms with Gasteiger partial charge in [0.25, 0.3) is 0 Å². The molecule has 0 saturated heterocycles. The monoisotopic (exact) mass is 337 g/mol. The molecule has 8 heteroatoms. The van der Waals surface area contributed by atoms with E-state index in [0.717, 1.165) is 16.8 Å². The number of nitriles is 1. The average Bonchev–Trinajstić information content (AvgIpc) is 3.15. The Bertz CT molecular complexity index is 956. The molecule has 3 rings (SSSR count). The van der Waals surface area contributed by atoms with Gasteiger partial charge in [0.05, 0.1) is 25.2 Å². The molecular weight excluding hydrogens is 322 g/mol. The third-order valence-corrected chi connectivity index (χ3v) is 3.68. The van der Waals surface area contributed by atoms with Crippen LogP contribution in [-0.4, -0.2) is 30.9 Å². The maximum atomic E-state index is 8.77. The van der Waals surface area contributed by atoms with Gasteiger partial charge in [-0.15, -0.1) is 0 Å². The van der Waals surface area contributed by atoms with Crippen molar-refractivity contribution >= 4 is 18.4 Å². The van der Waals surface area contributed by atoms with Gasteiger partial charge in [-0.25, -0.2) is 0 Å². The first-order valence-electron chi connectivity index (χ1n) is 7.37. The lowest BCUT2D eigenvalue weighted by molar-refractivity contribution is 0.629. The number of aryl methyl sites for hydroxylation is 2. The topological polar surface area (TPSA) is 87.6 Å². The molecule has 0 radical (unpaired) electrons. The van der Waals surface area contributed by atoms with Crippen molar-refractivity contribution in [2.45, 2.75) is 19.9 Å². The van der Waals surface area contributed by atoms with Crippen LogP contribution in [0.4, 0.5) is 0 Å². The molecule has 7 nitrogen and oxygen atoms in total. The second-order valence-electron chi connectivity index (χ2n) is 5.10. The summed E-state index contributed by atoms with van der Waals surface area (Å²) in [6, 6.07) is 12.0. The van der Waals surface area contributed by atoms with Crippen molar-refractivity contribution in [1.82, 2.24) is 24.7 Å². The highest BCUT2D eigenvalue weighted by atomic mass is 32.1. The summed E-state index contributed by atoms with van der Waals surface area (Å²) < 4.78 is 3.74. The second kappa shape index (κ2) is 7.02. The Hall–Kier alpha value is -3.05. The van der Waals surface area contributed by atoms with E-state index in [-0.39, 0.29) is 0 Å². The van der Waals surface area contributed by atoms with Gasteiger partial charge in [-0.3, -0.25) is 9.78 Å². The van der Waals surface area contributed by atoms with E-state index >= 15 is 0 Å². The van der Waals surface area contributed by atoms with E-state index in [1.165, 1.54) is 0 Å². The highest BCUT2D eigenvalue weighted by Gasteiger charge is 2.10. The van der Waals surface area contributed by atoms with Crippen LogP contribution in [0.5, 0.6) is 0 Å². The van der Waals surface area contributed by atoms with Gasteiger partial charge >= 0.3 is 0 Å². The molecule has 0 spiro atoms. The molecule has 0 unspecified atom stereocenters. The lowest BCUT2D eigenvalue weighted by Crippen LogP contribution is -1.97. The molecule has 1 N–H and O–H groups in total. The number of H-pyrrole nitrogens is 1. The molecule has 24 heavy (non-hydrogen) atoms. The average molecular weight is 337 g/mol. The fourth-order valence-electron chi connectivity index (χ4n) is 2.26. The summed E-state index contributed by atoms with van der Waals surface area (Å²) in [5.41, 5.74) is 2.65. The Morgan fingerprint density at radius 1 is 1.38 bits per heavy atom. The summed E-state index contributed by atoms with van der Waals surface area (Å²) in [6.45, 7) is 2.35. The van der Waals surface area contributed by atoms with Crippen LogP contribution in [0, 0.1) is 23.0 Å². The standard InChI is InChI=1S/C16H15N7S/c1-12-19-20-16(24)23(12)18-10-14-11-22(9-5-8-17)21-15(14)13-6-3-2-4-7-13/h2-4,6-7,10-11H,5,9H2,1H3,(H,20,24)/b18-10-. The maximum Gasteiger partial charge on any atom is 0.216 e. The molecule has 0 aliphatic carbocycles. The van der Waals surface area contributed by atoms with Gasteiger partial charge < -0.3 is 0 Å². The summed E-state index contributed by atoms with van der Waals surface area (Å²) in [5.74, 6) is 0.675. The fourth-order valence-corrected chi connectivity index (χ4v) is 2.48. The Balaban J connectivity index is 2.01. The van der Waals surface area contributed by atoms with E-state index in [4.69, 9.17) is 17.5 Å². The molecule has 120 valence electrons.